The van der Waals surface area contributed by atoms with Crippen LogP contribution in [0.2, 0.25) is 0 Å². The predicted octanol–water partition coefficient (Wildman–Crippen LogP) is 4.43. The van der Waals surface area contributed by atoms with E-state index in [4.69, 9.17) is 0 Å². The summed E-state index contributed by atoms with van der Waals surface area (Å²) in [5.74, 6) is 0.404. The van der Waals surface area contributed by atoms with Crippen LogP contribution >= 0.6 is 0 Å². The molecule has 3 aromatic rings. The van der Waals surface area contributed by atoms with E-state index in [9.17, 15) is 9.90 Å². The highest BCUT2D eigenvalue weighted by molar-refractivity contribution is 5.95. The van der Waals surface area contributed by atoms with Crippen molar-refractivity contribution >= 4 is 5.91 Å². The number of aliphatic hydroxyl groups excluding tert-OH is 1. The molecule has 0 radical (unpaired) electrons. The molecule has 142 valence electrons. The summed E-state index contributed by atoms with van der Waals surface area (Å²) in [5.41, 5.74) is 4.83. The summed E-state index contributed by atoms with van der Waals surface area (Å²) >= 11 is 0. The molecule has 0 bridgehead atoms. The maximum absolute atomic E-state index is 12.7. The van der Waals surface area contributed by atoms with Crippen LogP contribution in [0.15, 0.2) is 72.9 Å². The van der Waals surface area contributed by atoms with E-state index >= 15 is 0 Å². The first-order chi connectivity index (χ1) is 13.7. The zero-order valence-electron chi connectivity index (χ0n) is 16.0. The molecular formula is C24H24N2O2. The molecule has 28 heavy (non-hydrogen) atoms. The second-order valence-electron chi connectivity index (χ2n) is 7.29. The van der Waals surface area contributed by atoms with Crippen LogP contribution in [0, 0.1) is 0 Å². The first-order valence-corrected chi connectivity index (χ1v) is 9.74. The van der Waals surface area contributed by atoms with Crippen molar-refractivity contribution in [3.05, 3.63) is 89.7 Å². The molecule has 0 aliphatic carbocycles. The molecule has 1 aliphatic heterocycles. The summed E-state index contributed by atoms with van der Waals surface area (Å²) in [6.45, 7) is 3.41. The first-order valence-electron chi connectivity index (χ1n) is 9.74. The third kappa shape index (κ3) is 3.69. The van der Waals surface area contributed by atoms with Gasteiger partial charge in [0.25, 0.3) is 5.91 Å². The molecule has 4 rings (SSSR count). The second-order valence-corrected chi connectivity index (χ2v) is 7.29. The Morgan fingerprint density at radius 3 is 2.25 bits per heavy atom. The lowest BCUT2D eigenvalue weighted by molar-refractivity contribution is 0.0599. The van der Waals surface area contributed by atoms with Crippen LogP contribution in [0.5, 0.6) is 0 Å². The molecule has 1 amide bonds. The zero-order valence-corrected chi connectivity index (χ0v) is 16.0. The lowest BCUT2D eigenvalue weighted by Gasteiger charge is -2.39. The molecule has 1 fully saturated rings. The summed E-state index contributed by atoms with van der Waals surface area (Å²) in [5, 5.41) is 9.91. The zero-order chi connectivity index (χ0) is 19.5. The van der Waals surface area contributed by atoms with Gasteiger partial charge in [-0.15, -0.1) is 0 Å². The lowest BCUT2D eigenvalue weighted by Crippen LogP contribution is -2.48. The number of pyridine rings is 1. The number of benzene rings is 2. The average Bonchev–Trinajstić information content (AvgIpc) is 2.73. The van der Waals surface area contributed by atoms with Gasteiger partial charge in [-0.25, -0.2) is 0 Å². The smallest absolute Gasteiger partial charge is 0.253 e. The van der Waals surface area contributed by atoms with Gasteiger partial charge in [0.15, 0.2) is 0 Å². The van der Waals surface area contributed by atoms with Crippen molar-refractivity contribution in [3.8, 4) is 11.1 Å². The van der Waals surface area contributed by atoms with Gasteiger partial charge < -0.3 is 10.0 Å². The largest absolute Gasteiger partial charge is 0.388 e. The van der Waals surface area contributed by atoms with Crippen LogP contribution in [0.3, 0.4) is 0 Å². The number of aliphatic hydroxyl groups is 1. The standard InChI is InChI=1S/C24H24N2O2/c1-2-23(27)19-10-6-17(7-11-19)18-8-12-20(13-9-18)24(28)26-15-21(16-26)22-5-3-4-14-25-22/h3-14,21,23,27H,2,15-16H2,1H3/t23-/m0/s1. The van der Waals surface area contributed by atoms with Crippen molar-refractivity contribution in [2.75, 3.05) is 13.1 Å². The second kappa shape index (κ2) is 7.95. The van der Waals surface area contributed by atoms with Gasteiger partial charge in [0.1, 0.15) is 0 Å². The first kappa shape index (κ1) is 18.4. The van der Waals surface area contributed by atoms with Crippen LogP contribution in [0.1, 0.15) is 47.0 Å². The number of nitrogens with zero attached hydrogens (tertiary/aromatic N) is 2. The molecule has 2 heterocycles. The van der Waals surface area contributed by atoms with E-state index in [1.165, 1.54) is 0 Å². The Balaban J connectivity index is 1.40. The predicted molar refractivity (Wildman–Crippen MR) is 110 cm³/mol. The Kier molecular flexibility index (Phi) is 5.22. The fourth-order valence-electron chi connectivity index (χ4n) is 3.57. The van der Waals surface area contributed by atoms with E-state index in [2.05, 4.69) is 4.98 Å². The third-order valence-corrected chi connectivity index (χ3v) is 5.42. The Hall–Kier alpha value is -2.98. The monoisotopic (exact) mass is 372 g/mol. The average molecular weight is 372 g/mol. The topological polar surface area (TPSA) is 53.4 Å². The summed E-state index contributed by atoms with van der Waals surface area (Å²) < 4.78 is 0. The summed E-state index contributed by atoms with van der Waals surface area (Å²) in [6.07, 6.45) is 2.09. The molecule has 4 heteroatoms. The van der Waals surface area contributed by atoms with E-state index in [0.29, 0.717) is 17.9 Å². The van der Waals surface area contributed by atoms with Gasteiger partial charge in [-0.1, -0.05) is 49.4 Å². The maximum atomic E-state index is 12.7. The molecule has 0 saturated carbocycles. The lowest BCUT2D eigenvalue weighted by atomic mass is 9.94. The fourth-order valence-corrected chi connectivity index (χ4v) is 3.57. The van der Waals surface area contributed by atoms with Crippen LogP contribution < -0.4 is 0 Å². The number of hydrogen-bond acceptors (Lipinski definition) is 3. The molecule has 0 spiro atoms. The molecule has 1 aliphatic rings. The number of hydrogen-bond donors (Lipinski definition) is 1. The van der Waals surface area contributed by atoms with Gasteiger partial charge in [0, 0.05) is 36.5 Å². The van der Waals surface area contributed by atoms with Crippen molar-refractivity contribution < 1.29 is 9.90 Å². The summed E-state index contributed by atoms with van der Waals surface area (Å²) in [6, 6.07) is 21.6. The molecule has 1 aromatic heterocycles. The highest BCUT2D eigenvalue weighted by Gasteiger charge is 2.32. The molecule has 0 unspecified atom stereocenters. The van der Waals surface area contributed by atoms with Crippen molar-refractivity contribution in [2.24, 2.45) is 0 Å². The Labute approximate surface area is 165 Å². The minimum absolute atomic E-state index is 0.0696. The van der Waals surface area contributed by atoms with Crippen molar-refractivity contribution in [1.29, 1.82) is 0 Å². The molecule has 1 atom stereocenters. The van der Waals surface area contributed by atoms with Gasteiger partial charge in [-0.3, -0.25) is 9.78 Å². The number of likely N-dealkylation sites (tertiary alicyclic amines) is 1. The number of rotatable bonds is 5. The number of aromatic nitrogens is 1. The van der Waals surface area contributed by atoms with E-state index in [1.807, 2.05) is 78.6 Å². The van der Waals surface area contributed by atoms with E-state index < -0.39 is 6.10 Å². The number of carbonyl (C=O) groups is 1. The number of amides is 1. The van der Waals surface area contributed by atoms with Crippen LogP contribution in [0.25, 0.3) is 11.1 Å². The minimum atomic E-state index is -0.416. The molecular weight excluding hydrogens is 348 g/mol. The van der Waals surface area contributed by atoms with Gasteiger partial charge in [0.2, 0.25) is 0 Å². The van der Waals surface area contributed by atoms with E-state index in [-0.39, 0.29) is 5.91 Å². The van der Waals surface area contributed by atoms with Crippen LogP contribution in [-0.2, 0) is 0 Å². The van der Waals surface area contributed by atoms with Crippen LogP contribution in [0.4, 0.5) is 0 Å². The normalized spacial score (nSPS) is 15.1. The summed E-state index contributed by atoms with van der Waals surface area (Å²) in [7, 11) is 0. The molecule has 4 nitrogen and oxygen atoms in total. The third-order valence-electron chi connectivity index (χ3n) is 5.42. The molecule has 1 saturated heterocycles. The van der Waals surface area contributed by atoms with Crippen molar-refractivity contribution in [3.63, 3.8) is 0 Å². The summed E-state index contributed by atoms with van der Waals surface area (Å²) in [4.78, 5) is 18.9. The Bertz CT molecular complexity index is 931. The Morgan fingerprint density at radius 2 is 1.68 bits per heavy atom. The van der Waals surface area contributed by atoms with Crippen molar-refractivity contribution in [1.82, 2.24) is 9.88 Å². The highest BCUT2D eigenvalue weighted by Crippen LogP contribution is 2.28. The van der Waals surface area contributed by atoms with Gasteiger partial charge >= 0.3 is 0 Å². The molecule has 1 N–H and O–H groups in total. The van der Waals surface area contributed by atoms with E-state index in [1.54, 1.807) is 6.20 Å². The Morgan fingerprint density at radius 1 is 1.04 bits per heavy atom. The SMILES string of the molecule is CC[C@H](O)c1ccc(-c2ccc(C(=O)N3CC(c4ccccn4)C3)cc2)cc1. The highest BCUT2D eigenvalue weighted by atomic mass is 16.3. The number of carbonyl (C=O) groups excluding carboxylic acids is 1. The van der Waals surface area contributed by atoms with Gasteiger partial charge in [-0.05, 0) is 47.4 Å². The maximum Gasteiger partial charge on any atom is 0.253 e. The van der Waals surface area contributed by atoms with E-state index in [0.717, 1.165) is 35.5 Å². The quantitative estimate of drug-likeness (QED) is 0.721. The van der Waals surface area contributed by atoms with Crippen LogP contribution in [-0.4, -0.2) is 34.0 Å². The minimum Gasteiger partial charge on any atom is -0.388 e. The van der Waals surface area contributed by atoms with Gasteiger partial charge in [0.05, 0.1) is 6.10 Å². The van der Waals surface area contributed by atoms with Crippen molar-refractivity contribution in [2.45, 2.75) is 25.4 Å². The molecule has 2 aromatic carbocycles. The van der Waals surface area contributed by atoms with Gasteiger partial charge in [-0.2, -0.15) is 0 Å². The fraction of sp³-hybridized carbons (Fsp3) is 0.250.